The van der Waals surface area contributed by atoms with Crippen LogP contribution in [-0.4, -0.2) is 0 Å². The van der Waals surface area contributed by atoms with Crippen molar-refractivity contribution < 1.29 is 19.5 Å². The Bertz CT molecular complexity index is 43.8. The number of unbranched alkanes of at least 4 members (excludes halogenated alkanes) is 1. The van der Waals surface area contributed by atoms with Crippen molar-refractivity contribution in [1.82, 2.24) is 0 Å². The van der Waals surface area contributed by atoms with Gasteiger partial charge in [0, 0.05) is 19.5 Å². The Labute approximate surface area is 72.2 Å². The van der Waals surface area contributed by atoms with E-state index in [2.05, 4.69) is 20.8 Å². The second-order valence-corrected chi connectivity index (χ2v) is 2.66. The van der Waals surface area contributed by atoms with Crippen LogP contribution in [0.5, 0.6) is 0 Å². The molecule has 1 unspecified atom stereocenters. The molecule has 1 heteroatoms. The van der Waals surface area contributed by atoms with E-state index < -0.39 is 0 Å². The first-order valence-electron chi connectivity index (χ1n) is 3.81. The summed E-state index contributed by atoms with van der Waals surface area (Å²) in [5.74, 6) is 0.954. The summed E-state index contributed by atoms with van der Waals surface area (Å²) in [6, 6.07) is 0. The van der Waals surface area contributed by atoms with Gasteiger partial charge in [-0.05, 0) is 5.92 Å². The summed E-state index contributed by atoms with van der Waals surface area (Å²) in [4.78, 5) is 0. The fourth-order valence-corrected chi connectivity index (χ4v) is 0.757. The molecule has 0 rings (SSSR count). The molecule has 0 radical (unpaired) electrons. The SMILES string of the molecule is CCCCC(C)CC.[Zn]. The van der Waals surface area contributed by atoms with E-state index in [0.29, 0.717) is 0 Å². The van der Waals surface area contributed by atoms with E-state index in [9.17, 15) is 0 Å². The van der Waals surface area contributed by atoms with E-state index in [1.165, 1.54) is 25.7 Å². The molecule has 9 heavy (non-hydrogen) atoms. The Hall–Kier alpha value is 0.623. The minimum atomic E-state index is 0. The molecule has 0 aliphatic carbocycles. The van der Waals surface area contributed by atoms with Crippen LogP contribution in [0.2, 0.25) is 0 Å². The molecule has 0 amide bonds. The van der Waals surface area contributed by atoms with Gasteiger partial charge in [0.15, 0.2) is 0 Å². The van der Waals surface area contributed by atoms with Gasteiger partial charge in [-0.25, -0.2) is 0 Å². The molecule has 1 atom stereocenters. The zero-order valence-corrected chi connectivity index (χ0v) is 10.1. The van der Waals surface area contributed by atoms with Gasteiger partial charge in [-0.3, -0.25) is 0 Å². The number of hydrogen-bond donors (Lipinski definition) is 0. The van der Waals surface area contributed by atoms with Gasteiger partial charge in [0.05, 0.1) is 0 Å². The predicted octanol–water partition coefficient (Wildman–Crippen LogP) is 3.22. The van der Waals surface area contributed by atoms with Gasteiger partial charge < -0.3 is 0 Å². The molecule has 0 nitrogen and oxygen atoms in total. The molecule has 0 aromatic carbocycles. The molecule has 0 fully saturated rings. The van der Waals surface area contributed by atoms with Crippen LogP contribution in [0, 0.1) is 5.92 Å². The molecule has 0 bridgehead atoms. The molecular formula is C8H18Zn. The molecule has 0 aromatic rings. The van der Waals surface area contributed by atoms with Crippen molar-refractivity contribution in [3.05, 3.63) is 0 Å². The first-order chi connectivity index (χ1) is 3.81. The van der Waals surface area contributed by atoms with Gasteiger partial charge >= 0.3 is 0 Å². The van der Waals surface area contributed by atoms with Crippen molar-refractivity contribution in [2.45, 2.75) is 46.5 Å². The maximum absolute atomic E-state index is 2.33. The third-order valence-corrected chi connectivity index (χ3v) is 1.75. The minimum absolute atomic E-state index is 0. The van der Waals surface area contributed by atoms with Crippen molar-refractivity contribution in [3.63, 3.8) is 0 Å². The summed E-state index contributed by atoms with van der Waals surface area (Å²) >= 11 is 0. The van der Waals surface area contributed by atoms with E-state index in [-0.39, 0.29) is 19.5 Å². The van der Waals surface area contributed by atoms with Crippen LogP contribution in [0.1, 0.15) is 46.5 Å². The zero-order valence-electron chi connectivity index (χ0n) is 7.11. The van der Waals surface area contributed by atoms with E-state index >= 15 is 0 Å². The quantitative estimate of drug-likeness (QED) is 0.582. The van der Waals surface area contributed by atoms with Crippen LogP contribution < -0.4 is 0 Å². The van der Waals surface area contributed by atoms with Gasteiger partial charge in [0.25, 0.3) is 0 Å². The molecule has 0 heterocycles. The van der Waals surface area contributed by atoms with Gasteiger partial charge in [0.2, 0.25) is 0 Å². The average molecular weight is 180 g/mol. The van der Waals surface area contributed by atoms with E-state index in [1.54, 1.807) is 0 Å². The molecule has 0 spiro atoms. The summed E-state index contributed by atoms with van der Waals surface area (Å²) in [7, 11) is 0. The van der Waals surface area contributed by atoms with Gasteiger partial charge in [-0.1, -0.05) is 46.5 Å². The van der Waals surface area contributed by atoms with Crippen molar-refractivity contribution >= 4 is 0 Å². The monoisotopic (exact) mass is 178 g/mol. The summed E-state index contributed by atoms with van der Waals surface area (Å²) < 4.78 is 0. The predicted molar refractivity (Wildman–Crippen MR) is 39.0 cm³/mol. The Kier molecular flexibility index (Phi) is 11.8. The van der Waals surface area contributed by atoms with Gasteiger partial charge in [0.1, 0.15) is 0 Å². The Morgan fingerprint density at radius 3 is 2.11 bits per heavy atom. The summed E-state index contributed by atoms with van der Waals surface area (Å²) in [5, 5.41) is 0. The van der Waals surface area contributed by atoms with Crippen molar-refractivity contribution in [2.75, 3.05) is 0 Å². The molecule has 0 saturated heterocycles. The summed E-state index contributed by atoms with van der Waals surface area (Å²) in [6.07, 6.45) is 5.53. The van der Waals surface area contributed by atoms with Gasteiger partial charge in [-0.15, -0.1) is 0 Å². The molecule has 0 aromatic heterocycles. The van der Waals surface area contributed by atoms with Crippen LogP contribution in [0.25, 0.3) is 0 Å². The van der Waals surface area contributed by atoms with Crippen LogP contribution in [0.3, 0.4) is 0 Å². The first-order valence-corrected chi connectivity index (χ1v) is 3.81. The topological polar surface area (TPSA) is 0 Å². The minimum Gasteiger partial charge on any atom is -0.0654 e. The Balaban J connectivity index is 0. The van der Waals surface area contributed by atoms with E-state index in [1.807, 2.05) is 0 Å². The van der Waals surface area contributed by atoms with E-state index in [0.717, 1.165) is 5.92 Å². The Morgan fingerprint density at radius 2 is 1.78 bits per heavy atom. The average Bonchev–Trinajstić information content (AvgIpc) is 1.83. The third-order valence-electron chi connectivity index (χ3n) is 1.75. The largest absolute Gasteiger partial charge is 0.0654 e. The number of rotatable bonds is 4. The maximum Gasteiger partial charge on any atom is 0 e. The van der Waals surface area contributed by atoms with E-state index in [4.69, 9.17) is 0 Å². The third kappa shape index (κ3) is 8.62. The zero-order chi connectivity index (χ0) is 6.41. The van der Waals surface area contributed by atoms with Crippen LogP contribution in [0.15, 0.2) is 0 Å². The standard InChI is InChI=1S/C8H18.Zn/c1-4-6-7-8(3)5-2;/h8H,4-7H2,1-3H3;. The second-order valence-electron chi connectivity index (χ2n) is 2.66. The Morgan fingerprint density at radius 1 is 1.22 bits per heavy atom. The fraction of sp³-hybridized carbons (Fsp3) is 1.00. The molecule has 0 aliphatic rings. The molecule has 0 N–H and O–H groups in total. The normalized spacial score (nSPS) is 12.3. The smallest absolute Gasteiger partial charge is 0 e. The molecule has 0 aliphatic heterocycles. The van der Waals surface area contributed by atoms with Crippen LogP contribution in [0.4, 0.5) is 0 Å². The fourth-order valence-electron chi connectivity index (χ4n) is 0.757. The maximum atomic E-state index is 2.33. The molecule has 52 valence electrons. The van der Waals surface area contributed by atoms with Crippen LogP contribution >= 0.6 is 0 Å². The van der Waals surface area contributed by atoms with Crippen molar-refractivity contribution in [1.29, 1.82) is 0 Å². The number of hydrogen-bond acceptors (Lipinski definition) is 0. The second kappa shape index (κ2) is 8.62. The van der Waals surface area contributed by atoms with Crippen molar-refractivity contribution in [3.8, 4) is 0 Å². The summed E-state index contributed by atoms with van der Waals surface area (Å²) in [6.45, 7) is 6.85. The van der Waals surface area contributed by atoms with Gasteiger partial charge in [-0.2, -0.15) is 0 Å². The molecular weight excluding hydrogens is 161 g/mol. The first kappa shape index (κ1) is 12.3. The summed E-state index contributed by atoms with van der Waals surface area (Å²) in [5.41, 5.74) is 0. The molecule has 0 saturated carbocycles. The van der Waals surface area contributed by atoms with Crippen LogP contribution in [-0.2, 0) is 19.5 Å². The van der Waals surface area contributed by atoms with Crippen molar-refractivity contribution in [2.24, 2.45) is 5.92 Å².